The fourth-order valence-electron chi connectivity index (χ4n) is 1.81. The van der Waals surface area contributed by atoms with E-state index in [2.05, 4.69) is 25.5 Å². The van der Waals surface area contributed by atoms with Gasteiger partial charge in [-0.25, -0.2) is 0 Å². The first-order valence-electron chi connectivity index (χ1n) is 7.12. The predicted octanol–water partition coefficient (Wildman–Crippen LogP) is 5.07. The number of alkyl halides is 3. The number of ether oxygens (including phenoxy) is 2. The van der Waals surface area contributed by atoms with E-state index in [-0.39, 0.29) is 12.0 Å². The molecule has 0 spiro atoms. The summed E-state index contributed by atoms with van der Waals surface area (Å²) in [6, 6.07) is 7.92. The van der Waals surface area contributed by atoms with Crippen molar-refractivity contribution in [3.8, 4) is 5.75 Å². The minimum Gasteiger partial charge on any atom is -0.494 e. The highest BCUT2D eigenvalue weighted by Gasteiger charge is 2.28. The van der Waals surface area contributed by atoms with E-state index in [1.54, 1.807) is 0 Å². The Bertz CT molecular complexity index is 405. The molecule has 0 atom stereocenters. The summed E-state index contributed by atoms with van der Waals surface area (Å²) < 4.78 is 44.4. The quantitative estimate of drug-likeness (QED) is 0.655. The first-order chi connectivity index (χ1) is 9.68. The van der Waals surface area contributed by atoms with Crippen LogP contribution in [-0.4, -0.2) is 19.6 Å². The van der Waals surface area contributed by atoms with Crippen LogP contribution in [-0.2, 0) is 10.2 Å². The second-order valence-electron chi connectivity index (χ2n) is 5.98. The summed E-state index contributed by atoms with van der Waals surface area (Å²) in [6.07, 6.45) is -2.78. The molecule has 21 heavy (non-hydrogen) atoms. The van der Waals surface area contributed by atoms with E-state index in [0.29, 0.717) is 25.9 Å². The van der Waals surface area contributed by atoms with Crippen molar-refractivity contribution < 1.29 is 22.6 Å². The summed E-state index contributed by atoms with van der Waals surface area (Å²) in [5.41, 5.74) is 1.34. The molecule has 1 aromatic rings. The van der Waals surface area contributed by atoms with Crippen molar-refractivity contribution in [3.05, 3.63) is 29.8 Å². The molecule has 0 fully saturated rings. The first kappa shape index (κ1) is 17.8. The number of hydrogen-bond donors (Lipinski definition) is 0. The standard InChI is InChI=1S/C16H23F3O2/c1-15(2,3)13-7-9-14(10-8-13)20-11-5-4-6-12-21-16(17,18)19/h7-10H,4-6,11-12H2,1-3H3. The van der Waals surface area contributed by atoms with Crippen LogP contribution >= 0.6 is 0 Å². The maximum Gasteiger partial charge on any atom is 0.522 e. The Morgan fingerprint density at radius 3 is 1.95 bits per heavy atom. The summed E-state index contributed by atoms with van der Waals surface area (Å²) in [5, 5.41) is 0. The maximum absolute atomic E-state index is 11.7. The third-order valence-corrected chi connectivity index (χ3v) is 3.04. The highest BCUT2D eigenvalue weighted by molar-refractivity contribution is 5.31. The van der Waals surface area contributed by atoms with Crippen LogP contribution < -0.4 is 4.74 Å². The van der Waals surface area contributed by atoms with Crippen molar-refractivity contribution in [2.24, 2.45) is 0 Å². The second-order valence-corrected chi connectivity index (χ2v) is 5.98. The van der Waals surface area contributed by atoms with Crippen molar-refractivity contribution >= 4 is 0 Å². The van der Waals surface area contributed by atoms with Crippen LogP contribution in [0.3, 0.4) is 0 Å². The van der Waals surface area contributed by atoms with Gasteiger partial charge >= 0.3 is 6.36 Å². The van der Waals surface area contributed by atoms with Gasteiger partial charge in [-0.3, -0.25) is 4.74 Å². The molecular formula is C16H23F3O2. The molecule has 1 aromatic carbocycles. The zero-order chi connectivity index (χ0) is 15.9. The topological polar surface area (TPSA) is 18.5 Å². The van der Waals surface area contributed by atoms with E-state index in [4.69, 9.17) is 4.74 Å². The summed E-state index contributed by atoms with van der Waals surface area (Å²) in [5.74, 6) is 0.787. The third-order valence-electron chi connectivity index (χ3n) is 3.04. The Morgan fingerprint density at radius 2 is 1.43 bits per heavy atom. The van der Waals surface area contributed by atoms with Crippen molar-refractivity contribution in [2.75, 3.05) is 13.2 Å². The van der Waals surface area contributed by atoms with Gasteiger partial charge in [0.25, 0.3) is 0 Å². The van der Waals surface area contributed by atoms with Crippen LogP contribution in [0.2, 0.25) is 0 Å². The molecule has 0 N–H and O–H groups in total. The van der Waals surface area contributed by atoms with Gasteiger partial charge in [-0.15, -0.1) is 13.2 Å². The molecule has 5 heteroatoms. The van der Waals surface area contributed by atoms with Crippen molar-refractivity contribution in [2.45, 2.75) is 51.8 Å². The summed E-state index contributed by atoms with van der Waals surface area (Å²) in [4.78, 5) is 0. The lowest BCUT2D eigenvalue weighted by Crippen LogP contribution is -2.14. The molecule has 0 aliphatic rings. The number of hydrogen-bond acceptors (Lipinski definition) is 2. The van der Waals surface area contributed by atoms with Crippen LogP contribution in [0.25, 0.3) is 0 Å². The van der Waals surface area contributed by atoms with E-state index in [1.807, 2.05) is 24.3 Å². The SMILES string of the molecule is CC(C)(C)c1ccc(OCCCCCOC(F)(F)F)cc1. The highest BCUT2D eigenvalue weighted by atomic mass is 19.4. The number of halogens is 3. The maximum atomic E-state index is 11.7. The van der Waals surface area contributed by atoms with Gasteiger partial charge in [0, 0.05) is 0 Å². The molecule has 0 saturated carbocycles. The van der Waals surface area contributed by atoms with Crippen LogP contribution in [0.15, 0.2) is 24.3 Å². The van der Waals surface area contributed by atoms with Crippen LogP contribution in [0, 0.1) is 0 Å². The average molecular weight is 304 g/mol. The molecule has 1 rings (SSSR count). The van der Waals surface area contributed by atoms with Gasteiger partial charge in [0.2, 0.25) is 0 Å². The fraction of sp³-hybridized carbons (Fsp3) is 0.625. The second kappa shape index (κ2) is 7.69. The molecule has 0 unspecified atom stereocenters. The van der Waals surface area contributed by atoms with Crippen molar-refractivity contribution in [1.82, 2.24) is 0 Å². The minimum atomic E-state index is -4.52. The zero-order valence-electron chi connectivity index (χ0n) is 12.8. The molecule has 0 radical (unpaired) electrons. The van der Waals surface area contributed by atoms with Crippen molar-refractivity contribution in [1.29, 1.82) is 0 Å². The van der Waals surface area contributed by atoms with Crippen molar-refractivity contribution in [3.63, 3.8) is 0 Å². The molecule has 0 bridgehead atoms. The molecule has 120 valence electrons. The van der Waals surface area contributed by atoms with Gasteiger partial charge in [-0.05, 0) is 42.4 Å². The average Bonchev–Trinajstić information content (AvgIpc) is 2.36. The Kier molecular flexibility index (Phi) is 6.52. The molecule has 0 aliphatic heterocycles. The van der Waals surface area contributed by atoms with Gasteiger partial charge in [-0.2, -0.15) is 0 Å². The minimum absolute atomic E-state index is 0.108. The van der Waals surface area contributed by atoms with E-state index in [1.165, 1.54) is 5.56 Å². The van der Waals surface area contributed by atoms with Gasteiger partial charge in [-0.1, -0.05) is 32.9 Å². The van der Waals surface area contributed by atoms with Crippen LogP contribution in [0.4, 0.5) is 13.2 Å². The van der Waals surface area contributed by atoms with Gasteiger partial charge in [0.15, 0.2) is 0 Å². The van der Waals surface area contributed by atoms with Crippen LogP contribution in [0.1, 0.15) is 45.6 Å². The summed E-state index contributed by atoms with van der Waals surface area (Å²) >= 11 is 0. The molecule has 0 heterocycles. The predicted molar refractivity (Wildman–Crippen MR) is 76.5 cm³/mol. The molecule has 0 aliphatic carbocycles. The Hall–Kier alpha value is -1.23. The van der Waals surface area contributed by atoms with E-state index in [0.717, 1.165) is 5.75 Å². The lowest BCUT2D eigenvalue weighted by Gasteiger charge is -2.19. The fourth-order valence-corrected chi connectivity index (χ4v) is 1.81. The third kappa shape index (κ3) is 7.95. The highest BCUT2D eigenvalue weighted by Crippen LogP contribution is 2.24. The molecule has 0 aromatic heterocycles. The van der Waals surface area contributed by atoms with E-state index < -0.39 is 6.36 Å². The number of rotatable bonds is 7. The molecule has 0 saturated heterocycles. The summed E-state index contributed by atoms with van der Waals surface area (Å²) in [7, 11) is 0. The molecule has 0 amide bonds. The zero-order valence-corrected chi connectivity index (χ0v) is 12.8. The van der Waals surface area contributed by atoms with Gasteiger partial charge in [0.1, 0.15) is 5.75 Å². The van der Waals surface area contributed by atoms with E-state index >= 15 is 0 Å². The normalized spacial score (nSPS) is 12.5. The lowest BCUT2D eigenvalue weighted by molar-refractivity contribution is -0.324. The Balaban J connectivity index is 2.16. The van der Waals surface area contributed by atoms with E-state index in [9.17, 15) is 13.2 Å². The van der Waals surface area contributed by atoms with Gasteiger partial charge in [0.05, 0.1) is 13.2 Å². The molecular weight excluding hydrogens is 281 g/mol. The monoisotopic (exact) mass is 304 g/mol. The lowest BCUT2D eigenvalue weighted by atomic mass is 9.87. The number of unbranched alkanes of at least 4 members (excludes halogenated alkanes) is 2. The Morgan fingerprint density at radius 1 is 0.857 bits per heavy atom. The first-order valence-corrected chi connectivity index (χ1v) is 7.12. The molecule has 2 nitrogen and oxygen atoms in total. The Labute approximate surface area is 124 Å². The largest absolute Gasteiger partial charge is 0.522 e. The summed E-state index contributed by atoms with van der Waals surface area (Å²) in [6.45, 7) is 6.65. The smallest absolute Gasteiger partial charge is 0.494 e. The van der Waals surface area contributed by atoms with Gasteiger partial charge < -0.3 is 4.74 Å². The van der Waals surface area contributed by atoms with Crippen LogP contribution in [0.5, 0.6) is 5.75 Å². The number of benzene rings is 1.